The first-order valence-electron chi connectivity index (χ1n) is 10.3. The molecule has 1 aliphatic carbocycles. The van der Waals surface area contributed by atoms with Crippen molar-refractivity contribution in [3.63, 3.8) is 0 Å². The Labute approximate surface area is 172 Å². The number of nitrogens with one attached hydrogen (secondary N) is 2. The number of amides is 3. The van der Waals surface area contributed by atoms with Gasteiger partial charge in [-0.25, -0.2) is 13.2 Å². The van der Waals surface area contributed by atoms with E-state index >= 15 is 0 Å². The van der Waals surface area contributed by atoms with Crippen LogP contribution in [0.4, 0.5) is 4.79 Å². The summed E-state index contributed by atoms with van der Waals surface area (Å²) in [6, 6.07) is 7.54. The van der Waals surface area contributed by atoms with Crippen molar-refractivity contribution < 1.29 is 18.0 Å². The molecule has 3 amide bonds. The minimum Gasteiger partial charge on any atom is -0.335 e. The van der Waals surface area contributed by atoms with Gasteiger partial charge in [-0.15, -0.1) is 0 Å². The van der Waals surface area contributed by atoms with Gasteiger partial charge >= 0.3 is 6.03 Å². The summed E-state index contributed by atoms with van der Waals surface area (Å²) in [7, 11) is -3.52. The second kappa shape index (κ2) is 9.69. The summed E-state index contributed by atoms with van der Waals surface area (Å²) in [6.45, 7) is 3.23. The SMILES string of the molecule is C[C@@H](C(=O)NC(=O)NC1CCCCC1)N1CCN(S(=O)(=O)c2ccccc2)CC1. The average Bonchev–Trinajstić information content (AvgIpc) is 2.74. The molecule has 3 rings (SSSR count). The highest BCUT2D eigenvalue weighted by molar-refractivity contribution is 7.89. The summed E-state index contributed by atoms with van der Waals surface area (Å²) in [5.74, 6) is -0.363. The molecular formula is C20H30N4O4S. The van der Waals surface area contributed by atoms with Crippen molar-refractivity contribution in [3.8, 4) is 0 Å². The first-order valence-corrected chi connectivity index (χ1v) is 11.7. The smallest absolute Gasteiger partial charge is 0.321 e. The van der Waals surface area contributed by atoms with Gasteiger partial charge in [0.15, 0.2) is 0 Å². The molecule has 8 nitrogen and oxygen atoms in total. The fourth-order valence-electron chi connectivity index (χ4n) is 3.92. The van der Waals surface area contributed by atoms with Crippen molar-refractivity contribution in [1.82, 2.24) is 19.8 Å². The van der Waals surface area contributed by atoms with Crippen LogP contribution in [0, 0.1) is 0 Å². The third-order valence-corrected chi connectivity index (χ3v) is 7.67. The van der Waals surface area contributed by atoms with Crippen molar-refractivity contribution in [3.05, 3.63) is 30.3 Å². The quantitative estimate of drug-likeness (QED) is 0.750. The van der Waals surface area contributed by atoms with Gasteiger partial charge in [-0.3, -0.25) is 15.0 Å². The zero-order chi connectivity index (χ0) is 20.9. The summed E-state index contributed by atoms with van der Waals surface area (Å²) < 4.78 is 26.9. The Bertz CT molecular complexity index is 801. The van der Waals surface area contributed by atoms with Gasteiger partial charge in [-0.2, -0.15) is 4.31 Å². The molecule has 1 atom stereocenters. The van der Waals surface area contributed by atoms with Gasteiger partial charge < -0.3 is 5.32 Å². The maximum atomic E-state index is 12.7. The molecule has 0 aromatic heterocycles. The number of imide groups is 1. The van der Waals surface area contributed by atoms with Gasteiger partial charge in [-0.05, 0) is 31.9 Å². The lowest BCUT2D eigenvalue weighted by Gasteiger charge is -2.36. The first-order chi connectivity index (χ1) is 13.9. The van der Waals surface area contributed by atoms with E-state index in [0.717, 1.165) is 25.7 Å². The highest BCUT2D eigenvalue weighted by Gasteiger charge is 2.32. The van der Waals surface area contributed by atoms with E-state index in [1.165, 1.54) is 10.7 Å². The molecule has 1 heterocycles. The van der Waals surface area contributed by atoms with Gasteiger partial charge in [-0.1, -0.05) is 37.5 Å². The number of urea groups is 1. The van der Waals surface area contributed by atoms with Crippen LogP contribution in [0.2, 0.25) is 0 Å². The van der Waals surface area contributed by atoms with Crippen molar-refractivity contribution >= 4 is 22.0 Å². The number of benzene rings is 1. The zero-order valence-corrected chi connectivity index (χ0v) is 17.7. The maximum Gasteiger partial charge on any atom is 0.321 e. The van der Waals surface area contributed by atoms with Crippen molar-refractivity contribution in [2.24, 2.45) is 0 Å². The van der Waals surface area contributed by atoms with Crippen LogP contribution in [0.25, 0.3) is 0 Å². The Morgan fingerprint density at radius 1 is 1.00 bits per heavy atom. The van der Waals surface area contributed by atoms with E-state index in [1.807, 2.05) is 4.90 Å². The molecule has 29 heavy (non-hydrogen) atoms. The molecule has 2 aliphatic rings. The second-order valence-corrected chi connectivity index (χ2v) is 9.66. The number of nitrogens with zero attached hydrogens (tertiary/aromatic N) is 2. The lowest BCUT2D eigenvalue weighted by Crippen LogP contribution is -2.56. The third-order valence-electron chi connectivity index (χ3n) is 5.76. The van der Waals surface area contributed by atoms with Gasteiger partial charge in [0.25, 0.3) is 0 Å². The van der Waals surface area contributed by atoms with Gasteiger partial charge in [0.05, 0.1) is 10.9 Å². The highest BCUT2D eigenvalue weighted by atomic mass is 32.2. The van der Waals surface area contributed by atoms with Gasteiger partial charge in [0.2, 0.25) is 15.9 Å². The van der Waals surface area contributed by atoms with Crippen molar-refractivity contribution in [1.29, 1.82) is 0 Å². The molecule has 2 fully saturated rings. The van der Waals surface area contributed by atoms with Crippen molar-refractivity contribution in [2.45, 2.75) is 56.0 Å². The Morgan fingerprint density at radius 3 is 2.24 bits per heavy atom. The number of carbonyl (C=O) groups excluding carboxylic acids is 2. The molecule has 1 saturated heterocycles. The number of rotatable bonds is 5. The van der Waals surface area contributed by atoms with Crippen molar-refractivity contribution in [2.75, 3.05) is 26.2 Å². The van der Waals surface area contributed by atoms with E-state index in [4.69, 9.17) is 0 Å². The Hall–Kier alpha value is -1.97. The van der Waals surface area contributed by atoms with Crippen LogP contribution >= 0.6 is 0 Å². The Balaban J connectivity index is 1.48. The Kier molecular flexibility index (Phi) is 7.26. The minimum atomic E-state index is -3.52. The number of carbonyl (C=O) groups is 2. The van der Waals surface area contributed by atoms with Crippen LogP contribution in [0.1, 0.15) is 39.0 Å². The molecule has 0 unspecified atom stereocenters. The maximum absolute atomic E-state index is 12.7. The molecule has 0 radical (unpaired) electrons. The topological polar surface area (TPSA) is 98.8 Å². The molecule has 1 saturated carbocycles. The molecule has 1 aliphatic heterocycles. The monoisotopic (exact) mass is 422 g/mol. The lowest BCUT2D eigenvalue weighted by molar-refractivity contribution is -0.125. The summed E-state index contributed by atoms with van der Waals surface area (Å²) in [4.78, 5) is 26.7. The van der Waals surface area contributed by atoms with Crippen LogP contribution < -0.4 is 10.6 Å². The molecule has 1 aromatic rings. The predicted octanol–water partition coefficient (Wildman–Crippen LogP) is 1.54. The average molecular weight is 423 g/mol. The van der Waals surface area contributed by atoms with Crippen LogP contribution in [0.5, 0.6) is 0 Å². The summed E-state index contributed by atoms with van der Waals surface area (Å²) >= 11 is 0. The van der Waals surface area contributed by atoms with Crippen LogP contribution in [0.3, 0.4) is 0 Å². The number of sulfonamides is 1. The molecular weight excluding hydrogens is 392 g/mol. The summed E-state index contributed by atoms with van der Waals surface area (Å²) in [6.07, 6.45) is 5.31. The first kappa shape index (κ1) is 21.7. The van der Waals surface area contributed by atoms with E-state index in [0.29, 0.717) is 26.2 Å². The Morgan fingerprint density at radius 2 is 1.62 bits per heavy atom. The fourth-order valence-corrected chi connectivity index (χ4v) is 5.37. The van der Waals surface area contributed by atoms with E-state index in [9.17, 15) is 18.0 Å². The second-order valence-electron chi connectivity index (χ2n) is 7.73. The standard InChI is InChI=1S/C20H30N4O4S/c1-16(19(25)22-20(26)21-17-8-4-2-5-9-17)23-12-14-24(15-13-23)29(27,28)18-10-6-3-7-11-18/h3,6-7,10-11,16-17H,2,4-5,8-9,12-15H2,1H3,(H2,21,22,25,26)/t16-/m0/s1. The van der Waals surface area contributed by atoms with E-state index in [1.54, 1.807) is 37.3 Å². The molecule has 0 spiro atoms. The van der Waals surface area contributed by atoms with E-state index in [2.05, 4.69) is 10.6 Å². The van der Waals surface area contributed by atoms with E-state index < -0.39 is 22.1 Å². The lowest BCUT2D eigenvalue weighted by atomic mass is 9.96. The summed E-state index contributed by atoms with van der Waals surface area (Å²) in [5.41, 5.74) is 0. The molecule has 0 bridgehead atoms. The molecule has 9 heteroatoms. The number of hydrogen-bond acceptors (Lipinski definition) is 5. The van der Waals surface area contributed by atoms with Gasteiger partial charge in [0, 0.05) is 32.2 Å². The predicted molar refractivity (Wildman–Crippen MR) is 110 cm³/mol. The normalized spacial score (nSPS) is 20.7. The van der Waals surface area contributed by atoms with Crippen LogP contribution in [0.15, 0.2) is 35.2 Å². The van der Waals surface area contributed by atoms with Crippen LogP contribution in [-0.2, 0) is 14.8 Å². The molecule has 1 aromatic carbocycles. The largest absolute Gasteiger partial charge is 0.335 e. The zero-order valence-electron chi connectivity index (χ0n) is 16.8. The third kappa shape index (κ3) is 5.55. The summed E-state index contributed by atoms with van der Waals surface area (Å²) in [5, 5.41) is 5.30. The fraction of sp³-hybridized carbons (Fsp3) is 0.600. The molecule has 160 valence electrons. The number of hydrogen-bond donors (Lipinski definition) is 2. The van der Waals surface area contributed by atoms with Gasteiger partial charge in [0.1, 0.15) is 0 Å². The number of piperazine rings is 1. The molecule has 2 N–H and O–H groups in total. The van der Waals surface area contributed by atoms with E-state index in [-0.39, 0.29) is 16.8 Å². The minimum absolute atomic E-state index is 0.138. The highest BCUT2D eigenvalue weighted by Crippen LogP contribution is 2.19. The van der Waals surface area contributed by atoms with Crippen LogP contribution in [-0.4, -0.2) is 67.8 Å².